The molecule has 0 fully saturated rings. The number of nitrogens with two attached hydrogens (primary N) is 1. The van der Waals surface area contributed by atoms with Crippen LogP contribution in [0.25, 0.3) is 0 Å². The Hall–Kier alpha value is -2.97. The van der Waals surface area contributed by atoms with Crippen LogP contribution in [0.5, 0.6) is 0 Å². The van der Waals surface area contributed by atoms with Crippen LogP contribution in [0, 0.1) is 11.6 Å². The Balaban J connectivity index is 2.19. The molecule has 0 radical (unpaired) electrons. The number of benzene rings is 2. The van der Waals surface area contributed by atoms with Gasteiger partial charge in [0.2, 0.25) is 5.91 Å². The zero-order chi connectivity index (χ0) is 19.5. The van der Waals surface area contributed by atoms with Gasteiger partial charge < -0.3 is 11.1 Å². The van der Waals surface area contributed by atoms with Gasteiger partial charge in [0.1, 0.15) is 17.7 Å². The molecule has 0 unspecified atom stereocenters. The van der Waals surface area contributed by atoms with Gasteiger partial charge in [-0.3, -0.25) is 9.59 Å². The molecule has 2 amide bonds. The van der Waals surface area contributed by atoms with Crippen LogP contribution in [0.1, 0.15) is 21.5 Å². The third-order valence-corrected chi connectivity index (χ3v) is 3.52. The van der Waals surface area contributed by atoms with E-state index in [9.17, 15) is 31.5 Å². The molecule has 0 heterocycles. The summed E-state index contributed by atoms with van der Waals surface area (Å²) in [5, 5.41) is 2.14. The van der Waals surface area contributed by atoms with Gasteiger partial charge in [-0.2, -0.15) is 13.2 Å². The van der Waals surface area contributed by atoms with E-state index in [2.05, 4.69) is 5.32 Å². The van der Waals surface area contributed by atoms with Gasteiger partial charge >= 0.3 is 6.18 Å². The third kappa shape index (κ3) is 4.78. The highest BCUT2D eigenvalue weighted by Crippen LogP contribution is 2.29. The fraction of sp³-hybridized carbons (Fsp3) is 0.176. The molecular weight excluding hydrogens is 359 g/mol. The molecule has 0 aliphatic rings. The summed E-state index contributed by atoms with van der Waals surface area (Å²) in [5.41, 5.74) is 3.82. The van der Waals surface area contributed by atoms with Gasteiger partial charge in [0.15, 0.2) is 0 Å². The molecule has 2 rings (SSSR count). The Bertz CT molecular complexity index is 836. The van der Waals surface area contributed by atoms with Crippen molar-refractivity contribution in [3.8, 4) is 0 Å². The highest BCUT2D eigenvalue weighted by Gasteiger charge is 2.31. The lowest BCUT2D eigenvalue weighted by Gasteiger charge is -2.17. The minimum absolute atomic E-state index is 0.100. The molecule has 9 heteroatoms. The molecule has 2 aromatic rings. The number of rotatable bonds is 5. The van der Waals surface area contributed by atoms with Crippen LogP contribution in [-0.2, 0) is 17.4 Å². The molecule has 0 saturated heterocycles. The van der Waals surface area contributed by atoms with Crippen LogP contribution < -0.4 is 11.1 Å². The third-order valence-electron chi connectivity index (χ3n) is 3.52. The zero-order valence-electron chi connectivity index (χ0n) is 13.1. The van der Waals surface area contributed by atoms with Crippen molar-refractivity contribution in [3.63, 3.8) is 0 Å². The molecule has 26 heavy (non-hydrogen) atoms. The van der Waals surface area contributed by atoms with Crippen molar-refractivity contribution in [1.29, 1.82) is 0 Å². The van der Waals surface area contributed by atoms with E-state index >= 15 is 0 Å². The minimum atomic E-state index is -4.57. The summed E-state index contributed by atoms with van der Waals surface area (Å²) in [5.74, 6) is -4.10. The maximum absolute atomic E-state index is 13.6. The van der Waals surface area contributed by atoms with E-state index in [-0.39, 0.29) is 12.0 Å². The Morgan fingerprint density at radius 3 is 2.35 bits per heavy atom. The lowest BCUT2D eigenvalue weighted by Crippen LogP contribution is -2.46. The molecule has 138 valence electrons. The fourth-order valence-electron chi connectivity index (χ4n) is 2.24. The van der Waals surface area contributed by atoms with Crippen LogP contribution in [-0.4, -0.2) is 17.9 Å². The summed E-state index contributed by atoms with van der Waals surface area (Å²) in [4.78, 5) is 23.6. The normalized spacial score (nSPS) is 12.5. The SMILES string of the molecule is NC(=O)[C@@H](Cc1cccc(C(F)(F)F)c1)NC(=O)c1ccc(F)cc1F. The molecule has 4 nitrogen and oxygen atoms in total. The van der Waals surface area contributed by atoms with Crippen molar-refractivity contribution in [1.82, 2.24) is 5.32 Å². The number of nitrogens with one attached hydrogen (secondary N) is 1. The Morgan fingerprint density at radius 2 is 1.77 bits per heavy atom. The van der Waals surface area contributed by atoms with Crippen LogP contribution in [0.3, 0.4) is 0 Å². The quantitative estimate of drug-likeness (QED) is 0.793. The maximum Gasteiger partial charge on any atom is 0.416 e. The van der Waals surface area contributed by atoms with Crippen molar-refractivity contribution in [2.45, 2.75) is 18.6 Å². The number of hydrogen-bond acceptors (Lipinski definition) is 2. The minimum Gasteiger partial charge on any atom is -0.368 e. The van der Waals surface area contributed by atoms with Crippen molar-refractivity contribution < 1.29 is 31.5 Å². The summed E-state index contributed by atoms with van der Waals surface area (Å²) in [7, 11) is 0. The predicted molar refractivity (Wildman–Crippen MR) is 82.0 cm³/mol. The van der Waals surface area contributed by atoms with Gasteiger partial charge in [-0.1, -0.05) is 18.2 Å². The number of halogens is 5. The van der Waals surface area contributed by atoms with Gasteiger partial charge in [-0.05, 0) is 23.8 Å². The smallest absolute Gasteiger partial charge is 0.368 e. The first-order chi connectivity index (χ1) is 12.1. The molecule has 2 aromatic carbocycles. The average molecular weight is 372 g/mol. The summed E-state index contributed by atoms with van der Waals surface area (Å²) in [6.07, 6.45) is -4.90. The van der Waals surface area contributed by atoms with Crippen LogP contribution >= 0.6 is 0 Å². The van der Waals surface area contributed by atoms with Gasteiger partial charge in [0, 0.05) is 12.5 Å². The monoisotopic (exact) mass is 372 g/mol. The molecule has 0 spiro atoms. The summed E-state index contributed by atoms with van der Waals surface area (Å²) < 4.78 is 64.7. The van der Waals surface area contributed by atoms with Gasteiger partial charge in [0.05, 0.1) is 11.1 Å². The van der Waals surface area contributed by atoms with E-state index in [1.165, 1.54) is 6.07 Å². The number of hydrogen-bond donors (Lipinski definition) is 2. The Morgan fingerprint density at radius 1 is 1.08 bits per heavy atom. The summed E-state index contributed by atoms with van der Waals surface area (Å²) in [6.45, 7) is 0. The van der Waals surface area contributed by atoms with Crippen molar-refractivity contribution in [2.24, 2.45) is 5.73 Å². The van der Waals surface area contributed by atoms with Gasteiger partial charge in [0.25, 0.3) is 5.91 Å². The highest BCUT2D eigenvalue weighted by atomic mass is 19.4. The van der Waals surface area contributed by atoms with E-state index in [0.29, 0.717) is 6.07 Å². The zero-order valence-corrected chi connectivity index (χ0v) is 13.1. The van der Waals surface area contributed by atoms with Crippen molar-refractivity contribution in [3.05, 3.63) is 70.8 Å². The summed E-state index contributed by atoms with van der Waals surface area (Å²) >= 11 is 0. The van der Waals surface area contributed by atoms with E-state index in [1.54, 1.807) is 0 Å². The molecule has 0 saturated carbocycles. The molecular formula is C17H13F5N2O2. The largest absolute Gasteiger partial charge is 0.416 e. The highest BCUT2D eigenvalue weighted by molar-refractivity contribution is 5.97. The van der Waals surface area contributed by atoms with Gasteiger partial charge in [-0.25, -0.2) is 8.78 Å². The van der Waals surface area contributed by atoms with Crippen molar-refractivity contribution >= 4 is 11.8 Å². The van der Waals surface area contributed by atoms with E-state index in [0.717, 1.165) is 30.3 Å². The van der Waals surface area contributed by atoms with Crippen LogP contribution in [0.15, 0.2) is 42.5 Å². The molecule has 0 bridgehead atoms. The summed E-state index contributed by atoms with van der Waals surface area (Å²) in [6, 6.07) is 4.99. The second-order valence-electron chi connectivity index (χ2n) is 5.45. The second-order valence-corrected chi connectivity index (χ2v) is 5.45. The number of carbonyl (C=O) groups is 2. The van der Waals surface area contributed by atoms with Crippen LogP contribution in [0.4, 0.5) is 22.0 Å². The van der Waals surface area contributed by atoms with Crippen molar-refractivity contribution in [2.75, 3.05) is 0 Å². The average Bonchev–Trinajstić information content (AvgIpc) is 2.53. The maximum atomic E-state index is 13.6. The number of alkyl halides is 3. The van der Waals surface area contributed by atoms with E-state index in [4.69, 9.17) is 5.73 Å². The lowest BCUT2D eigenvalue weighted by atomic mass is 10.0. The van der Waals surface area contributed by atoms with Gasteiger partial charge in [-0.15, -0.1) is 0 Å². The molecule has 0 aliphatic heterocycles. The van der Waals surface area contributed by atoms with E-state index in [1.807, 2.05) is 0 Å². The number of amides is 2. The second kappa shape index (κ2) is 7.51. The first-order valence-electron chi connectivity index (χ1n) is 7.29. The molecule has 0 aliphatic carbocycles. The fourth-order valence-corrected chi connectivity index (χ4v) is 2.24. The molecule has 1 atom stereocenters. The van der Waals surface area contributed by atoms with E-state index < -0.39 is 46.8 Å². The molecule has 0 aromatic heterocycles. The Labute approximate surface area is 144 Å². The first kappa shape index (κ1) is 19.4. The lowest BCUT2D eigenvalue weighted by molar-refractivity contribution is -0.137. The predicted octanol–water partition coefficient (Wildman–Crippen LogP) is 2.81. The first-order valence-corrected chi connectivity index (χ1v) is 7.29. The topological polar surface area (TPSA) is 72.2 Å². The van der Waals surface area contributed by atoms with Crippen LogP contribution in [0.2, 0.25) is 0 Å². The standard InChI is InChI=1S/C17H13F5N2O2/c18-11-4-5-12(13(19)8-11)16(26)24-14(15(23)25)7-9-2-1-3-10(6-9)17(20,21)22/h1-6,8,14H,7H2,(H2,23,25)(H,24,26)/t14-/m1/s1. The Kier molecular flexibility index (Phi) is 5.59. The number of primary amides is 1. The number of carbonyl (C=O) groups excluding carboxylic acids is 2. The molecule has 3 N–H and O–H groups in total.